The zero-order valence-electron chi connectivity index (χ0n) is 21.7. The van der Waals surface area contributed by atoms with E-state index in [-0.39, 0.29) is 33.7 Å². The average Bonchev–Trinajstić information content (AvgIpc) is 2.71. The van der Waals surface area contributed by atoms with Gasteiger partial charge in [-0.2, -0.15) is 0 Å². The van der Waals surface area contributed by atoms with Gasteiger partial charge in [0, 0.05) is 0 Å². The second-order valence-electron chi connectivity index (χ2n) is 14.4. The van der Waals surface area contributed by atoms with Crippen molar-refractivity contribution in [2.24, 2.45) is 44.8 Å². The summed E-state index contributed by atoms with van der Waals surface area (Å²) in [6.07, 6.45) is 10.9. The number of aliphatic carboxylic acids is 1. The van der Waals surface area contributed by atoms with E-state index in [1.54, 1.807) is 0 Å². The highest BCUT2D eigenvalue weighted by molar-refractivity contribution is 5.76. The van der Waals surface area contributed by atoms with Crippen LogP contribution in [-0.2, 0) is 4.79 Å². The zero-order valence-corrected chi connectivity index (χ0v) is 21.7. The fraction of sp³-hybridized carbons (Fsp3) is 0.897. The lowest BCUT2D eigenvalue weighted by atomic mass is 9.33. The third-order valence-corrected chi connectivity index (χ3v) is 12.8. The molecule has 4 nitrogen and oxygen atoms in total. The molecule has 5 aliphatic rings. The minimum absolute atomic E-state index is 0.0266. The lowest BCUT2D eigenvalue weighted by molar-refractivity contribution is -0.207. The van der Waals surface area contributed by atoms with Gasteiger partial charge < -0.3 is 15.3 Å². The van der Waals surface area contributed by atoms with Gasteiger partial charge in [-0.05, 0) is 111 Å². The van der Waals surface area contributed by atoms with Crippen LogP contribution in [0.25, 0.3) is 0 Å². The first kappa shape index (κ1) is 23.9. The van der Waals surface area contributed by atoms with Crippen molar-refractivity contribution in [2.45, 2.75) is 117 Å². The van der Waals surface area contributed by atoms with E-state index >= 15 is 0 Å². The molecular formula is C29H46O4. The predicted molar refractivity (Wildman–Crippen MR) is 130 cm³/mol. The standard InChI is InChI=1S/C29H46O4/c1-24(2)20-9-12-28(6)21(26(20,4)11-10-22(24)30)8-7-18-19-17-25(3,33)13-15-29(19,23(31)32)16-14-27(18,28)5/h7,19-22,30,33H,8-17H2,1-6H3,(H,31,32)/t19-,20+,21+,22-,25+,26-,27+,28+,29-/m0/s1. The maximum atomic E-state index is 12.7. The lowest BCUT2D eigenvalue weighted by Gasteiger charge is -2.71. The SMILES string of the molecule is CC1(C)[C@H]2CC[C@]3(C)[C@H](CC=C4[C@@H]5C[C@](C)(O)CC[C@]5(C(=O)O)CC[C@]43C)[C@@]2(C)CC[C@@H]1O. The summed E-state index contributed by atoms with van der Waals surface area (Å²) in [5, 5.41) is 32.3. The van der Waals surface area contributed by atoms with E-state index in [4.69, 9.17) is 0 Å². The number of allylic oxidation sites excluding steroid dienone is 2. The number of carboxylic acid groups (broad SMARTS) is 1. The molecule has 4 fully saturated rings. The van der Waals surface area contributed by atoms with Crippen molar-refractivity contribution >= 4 is 5.97 Å². The van der Waals surface area contributed by atoms with Crippen molar-refractivity contribution in [3.63, 3.8) is 0 Å². The van der Waals surface area contributed by atoms with Crippen LogP contribution >= 0.6 is 0 Å². The second kappa shape index (κ2) is 6.87. The number of aliphatic hydroxyl groups excluding tert-OH is 1. The largest absolute Gasteiger partial charge is 0.481 e. The summed E-state index contributed by atoms with van der Waals surface area (Å²) in [7, 11) is 0. The summed E-state index contributed by atoms with van der Waals surface area (Å²) in [6.45, 7) is 13.9. The van der Waals surface area contributed by atoms with Gasteiger partial charge in [0.2, 0.25) is 0 Å². The predicted octanol–water partition coefficient (Wildman–Crippen LogP) is 5.96. The van der Waals surface area contributed by atoms with Gasteiger partial charge in [-0.15, -0.1) is 0 Å². The van der Waals surface area contributed by atoms with Crippen LogP contribution in [0.1, 0.15) is 106 Å². The Balaban J connectivity index is 1.60. The van der Waals surface area contributed by atoms with Crippen molar-refractivity contribution < 1.29 is 20.1 Å². The van der Waals surface area contributed by atoms with Crippen molar-refractivity contribution in [1.82, 2.24) is 0 Å². The van der Waals surface area contributed by atoms with Crippen LogP contribution in [0.3, 0.4) is 0 Å². The van der Waals surface area contributed by atoms with E-state index < -0.39 is 17.0 Å². The van der Waals surface area contributed by atoms with E-state index in [1.807, 2.05) is 6.92 Å². The van der Waals surface area contributed by atoms with Crippen molar-refractivity contribution in [2.75, 3.05) is 0 Å². The quantitative estimate of drug-likeness (QED) is 0.424. The molecule has 9 atom stereocenters. The molecule has 3 N–H and O–H groups in total. The monoisotopic (exact) mass is 458 g/mol. The number of hydrogen-bond donors (Lipinski definition) is 3. The molecule has 4 heteroatoms. The highest BCUT2D eigenvalue weighted by Gasteiger charge is 2.69. The average molecular weight is 459 g/mol. The fourth-order valence-corrected chi connectivity index (χ4v) is 10.4. The lowest BCUT2D eigenvalue weighted by Crippen LogP contribution is -2.65. The molecule has 0 amide bonds. The first-order chi connectivity index (χ1) is 15.1. The molecule has 0 aromatic carbocycles. The van der Waals surface area contributed by atoms with E-state index in [0.29, 0.717) is 31.1 Å². The Kier molecular flexibility index (Phi) is 4.97. The van der Waals surface area contributed by atoms with Gasteiger partial charge in [0.1, 0.15) is 0 Å². The molecule has 0 bridgehead atoms. The summed E-state index contributed by atoms with van der Waals surface area (Å²) >= 11 is 0. The minimum atomic E-state index is -0.784. The highest BCUT2D eigenvalue weighted by Crippen LogP contribution is 2.75. The number of fused-ring (bicyclic) bond motifs is 7. The first-order valence-electron chi connectivity index (χ1n) is 13.5. The van der Waals surface area contributed by atoms with E-state index in [2.05, 4.69) is 40.7 Å². The van der Waals surface area contributed by atoms with Crippen LogP contribution in [-0.4, -0.2) is 33.0 Å². The number of carbonyl (C=O) groups is 1. The Morgan fingerprint density at radius 1 is 0.909 bits per heavy atom. The molecule has 4 saturated carbocycles. The Morgan fingerprint density at radius 2 is 1.58 bits per heavy atom. The molecule has 0 saturated heterocycles. The fourth-order valence-electron chi connectivity index (χ4n) is 10.4. The topological polar surface area (TPSA) is 77.8 Å². The molecule has 0 aromatic rings. The minimum Gasteiger partial charge on any atom is -0.481 e. The van der Waals surface area contributed by atoms with E-state index in [1.165, 1.54) is 5.57 Å². The maximum absolute atomic E-state index is 12.7. The van der Waals surface area contributed by atoms with Crippen LogP contribution in [0.2, 0.25) is 0 Å². The summed E-state index contributed by atoms with van der Waals surface area (Å²) in [6, 6.07) is 0. The summed E-state index contributed by atoms with van der Waals surface area (Å²) in [4.78, 5) is 12.7. The number of carboxylic acids is 1. The molecule has 0 heterocycles. The Bertz CT molecular complexity index is 888. The van der Waals surface area contributed by atoms with Gasteiger partial charge in [-0.25, -0.2) is 0 Å². The molecule has 0 spiro atoms. The van der Waals surface area contributed by atoms with Crippen LogP contribution < -0.4 is 0 Å². The van der Waals surface area contributed by atoms with Crippen molar-refractivity contribution in [3.05, 3.63) is 11.6 Å². The summed E-state index contributed by atoms with van der Waals surface area (Å²) < 4.78 is 0. The summed E-state index contributed by atoms with van der Waals surface area (Å²) in [5.74, 6) is 0.343. The zero-order chi connectivity index (χ0) is 24.2. The van der Waals surface area contributed by atoms with Gasteiger partial charge in [-0.1, -0.05) is 46.3 Å². The van der Waals surface area contributed by atoms with Gasteiger partial charge in [0.05, 0.1) is 17.1 Å². The maximum Gasteiger partial charge on any atom is 0.310 e. The number of aliphatic hydroxyl groups is 2. The third-order valence-electron chi connectivity index (χ3n) is 12.8. The number of hydrogen-bond acceptors (Lipinski definition) is 3. The molecule has 0 aliphatic heterocycles. The molecule has 0 aromatic heterocycles. The summed E-state index contributed by atoms with van der Waals surface area (Å²) in [5.41, 5.74) is 0.0807. The Labute approximate surface area is 200 Å². The molecule has 5 rings (SSSR count). The van der Waals surface area contributed by atoms with Crippen molar-refractivity contribution in [1.29, 1.82) is 0 Å². The normalized spacial score (nSPS) is 55.3. The second-order valence-corrected chi connectivity index (χ2v) is 14.4. The van der Waals surface area contributed by atoms with Gasteiger partial charge in [0.15, 0.2) is 0 Å². The van der Waals surface area contributed by atoms with Crippen LogP contribution in [0, 0.1) is 44.8 Å². The first-order valence-corrected chi connectivity index (χ1v) is 13.5. The molecule has 0 unspecified atom stereocenters. The number of rotatable bonds is 1. The Morgan fingerprint density at radius 3 is 2.24 bits per heavy atom. The van der Waals surface area contributed by atoms with Gasteiger partial charge in [-0.3, -0.25) is 4.79 Å². The van der Waals surface area contributed by atoms with Crippen LogP contribution in [0.4, 0.5) is 0 Å². The Hall–Kier alpha value is -0.870. The molecule has 0 radical (unpaired) electrons. The van der Waals surface area contributed by atoms with E-state index in [0.717, 1.165) is 44.9 Å². The van der Waals surface area contributed by atoms with Crippen LogP contribution in [0.15, 0.2) is 11.6 Å². The molecular weight excluding hydrogens is 412 g/mol. The smallest absolute Gasteiger partial charge is 0.310 e. The van der Waals surface area contributed by atoms with Crippen LogP contribution in [0.5, 0.6) is 0 Å². The highest BCUT2D eigenvalue weighted by atomic mass is 16.4. The molecule has 186 valence electrons. The van der Waals surface area contributed by atoms with Gasteiger partial charge >= 0.3 is 5.97 Å². The van der Waals surface area contributed by atoms with Crippen molar-refractivity contribution in [3.8, 4) is 0 Å². The molecule has 5 aliphatic carbocycles. The van der Waals surface area contributed by atoms with E-state index in [9.17, 15) is 20.1 Å². The molecule has 33 heavy (non-hydrogen) atoms. The third kappa shape index (κ3) is 2.86. The van der Waals surface area contributed by atoms with Gasteiger partial charge in [0.25, 0.3) is 0 Å².